The van der Waals surface area contributed by atoms with Gasteiger partial charge in [-0.2, -0.15) is 5.10 Å². The van der Waals surface area contributed by atoms with Crippen molar-refractivity contribution in [2.45, 2.75) is 32.7 Å². The highest BCUT2D eigenvalue weighted by molar-refractivity contribution is 6.31. The number of benzene rings is 1. The molecule has 4 heteroatoms. The molecule has 0 aliphatic rings. The average molecular weight is 278 g/mol. The van der Waals surface area contributed by atoms with Crippen LogP contribution in [0.4, 0.5) is 0 Å². The summed E-state index contributed by atoms with van der Waals surface area (Å²) < 4.78 is 1.85. The first-order valence-corrected chi connectivity index (χ1v) is 6.98. The summed E-state index contributed by atoms with van der Waals surface area (Å²) in [6, 6.07) is 6.01. The fourth-order valence-electron chi connectivity index (χ4n) is 2.26. The van der Waals surface area contributed by atoms with Crippen molar-refractivity contribution in [1.82, 2.24) is 9.78 Å². The third-order valence-corrected chi connectivity index (χ3v) is 3.52. The van der Waals surface area contributed by atoms with Crippen LogP contribution in [0.3, 0.4) is 0 Å². The lowest BCUT2D eigenvalue weighted by Gasteiger charge is -2.10. The first-order chi connectivity index (χ1) is 9.02. The quantitative estimate of drug-likeness (QED) is 0.926. The van der Waals surface area contributed by atoms with Crippen LogP contribution in [0.15, 0.2) is 24.4 Å². The summed E-state index contributed by atoms with van der Waals surface area (Å²) in [6.45, 7) is 4.10. The van der Waals surface area contributed by atoms with Gasteiger partial charge in [-0.3, -0.25) is 4.68 Å². The molecule has 2 rings (SSSR count). The standard InChI is InChI=1S/C15H20ClN3/c1-4-5-15-13(9-19(3)18-15)11-6-7-12(10(2)17)14(16)8-11/h6-10H,4-5,17H2,1-3H3. The molecule has 0 saturated heterocycles. The Balaban J connectivity index is 2.44. The van der Waals surface area contributed by atoms with Crippen LogP contribution in [0.2, 0.25) is 5.02 Å². The van der Waals surface area contributed by atoms with E-state index < -0.39 is 0 Å². The monoisotopic (exact) mass is 277 g/mol. The molecular weight excluding hydrogens is 258 g/mol. The number of hydrogen-bond acceptors (Lipinski definition) is 2. The number of halogens is 1. The molecule has 0 spiro atoms. The van der Waals surface area contributed by atoms with Crippen molar-refractivity contribution in [3.63, 3.8) is 0 Å². The molecule has 0 saturated carbocycles. The predicted molar refractivity (Wildman–Crippen MR) is 80.3 cm³/mol. The molecule has 0 aliphatic heterocycles. The molecular formula is C15H20ClN3. The summed E-state index contributed by atoms with van der Waals surface area (Å²) in [5.41, 5.74) is 10.2. The van der Waals surface area contributed by atoms with E-state index >= 15 is 0 Å². The first-order valence-electron chi connectivity index (χ1n) is 6.60. The maximum absolute atomic E-state index is 6.30. The van der Waals surface area contributed by atoms with Crippen molar-refractivity contribution in [3.05, 3.63) is 40.7 Å². The highest BCUT2D eigenvalue weighted by Crippen LogP contribution is 2.30. The minimum atomic E-state index is -0.0504. The number of aromatic nitrogens is 2. The second-order valence-corrected chi connectivity index (χ2v) is 5.35. The molecule has 19 heavy (non-hydrogen) atoms. The van der Waals surface area contributed by atoms with Crippen LogP contribution in [0.5, 0.6) is 0 Å². The maximum atomic E-state index is 6.30. The van der Waals surface area contributed by atoms with Crippen molar-refractivity contribution < 1.29 is 0 Å². The predicted octanol–water partition coefficient (Wildman–Crippen LogP) is 3.71. The Morgan fingerprint density at radius 1 is 1.42 bits per heavy atom. The third kappa shape index (κ3) is 2.99. The SMILES string of the molecule is CCCc1nn(C)cc1-c1ccc(C(C)N)c(Cl)c1. The van der Waals surface area contributed by atoms with E-state index in [-0.39, 0.29) is 6.04 Å². The Hall–Kier alpha value is -1.32. The molecule has 2 N–H and O–H groups in total. The van der Waals surface area contributed by atoms with E-state index in [1.165, 1.54) is 0 Å². The van der Waals surface area contributed by atoms with Crippen molar-refractivity contribution in [2.24, 2.45) is 12.8 Å². The smallest absolute Gasteiger partial charge is 0.0702 e. The summed E-state index contributed by atoms with van der Waals surface area (Å²) in [7, 11) is 1.95. The molecule has 0 radical (unpaired) electrons. The van der Waals surface area contributed by atoms with Crippen LogP contribution in [-0.2, 0) is 13.5 Å². The van der Waals surface area contributed by atoms with Gasteiger partial charge in [-0.05, 0) is 30.5 Å². The van der Waals surface area contributed by atoms with Crippen LogP contribution in [0.25, 0.3) is 11.1 Å². The molecule has 0 fully saturated rings. The number of hydrogen-bond donors (Lipinski definition) is 1. The summed E-state index contributed by atoms with van der Waals surface area (Å²) in [5.74, 6) is 0. The summed E-state index contributed by atoms with van der Waals surface area (Å²) in [5, 5.41) is 5.23. The summed E-state index contributed by atoms with van der Waals surface area (Å²) in [4.78, 5) is 0. The van der Waals surface area contributed by atoms with Crippen LogP contribution in [-0.4, -0.2) is 9.78 Å². The van der Waals surface area contributed by atoms with Crippen LogP contribution in [0.1, 0.15) is 37.6 Å². The molecule has 1 aromatic heterocycles. The van der Waals surface area contributed by atoms with Gasteiger partial charge in [0.1, 0.15) is 0 Å². The molecule has 2 aromatic rings. The third-order valence-electron chi connectivity index (χ3n) is 3.19. The molecule has 0 aliphatic carbocycles. The Labute approximate surface area is 119 Å². The van der Waals surface area contributed by atoms with Crippen LogP contribution in [0, 0.1) is 0 Å². The second-order valence-electron chi connectivity index (χ2n) is 4.94. The van der Waals surface area contributed by atoms with Crippen LogP contribution >= 0.6 is 11.6 Å². The summed E-state index contributed by atoms with van der Waals surface area (Å²) in [6.07, 6.45) is 4.10. The zero-order valence-corrected chi connectivity index (χ0v) is 12.4. The van der Waals surface area contributed by atoms with E-state index in [2.05, 4.69) is 18.1 Å². The highest BCUT2D eigenvalue weighted by atomic mass is 35.5. The molecule has 1 aromatic carbocycles. The van der Waals surface area contributed by atoms with Gasteiger partial charge in [0, 0.05) is 29.9 Å². The Kier molecular flexibility index (Phi) is 4.27. The van der Waals surface area contributed by atoms with E-state index in [9.17, 15) is 0 Å². The topological polar surface area (TPSA) is 43.8 Å². The maximum Gasteiger partial charge on any atom is 0.0702 e. The van der Waals surface area contributed by atoms with E-state index in [0.29, 0.717) is 0 Å². The first kappa shape index (κ1) is 14.1. The zero-order valence-electron chi connectivity index (χ0n) is 11.7. The largest absolute Gasteiger partial charge is 0.324 e. The van der Waals surface area contributed by atoms with Crippen LogP contribution < -0.4 is 5.73 Å². The van der Waals surface area contributed by atoms with E-state index in [0.717, 1.165) is 40.2 Å². The lowest BCUT2D eigenvalue weighted by molar-refractivity contribution is 0.733. The lowest BCUT2D eigenvalue weighted by Crippen LogP contribution is -2.05. The number of rotatable bonds is 4. The van der Waals surface area contributed by atoms with Gasteiger partial charge < -0.3 is 5.73 Å². The Morgan fingerprint density at radius 2 is 2.16 bits per heavy atom. The molecule has 102 valence electrons. The van der Waals surface area contributed by atoms with Gasteiger partial charge in [0.15, 0.2) is 0 Å². The molecule has 1 unspecified atom stereocenters. The molecule has 0 amide bonds. The van der Waals surface area contributed by atoms with Gasteiger partial charge in [0.2, 0.25) is 0 Å². The van der Waals surface area contributed by atoms with Crippen molar-refractivity contribution in [3.8, 4) is 11.1 Å². The van der Waals surface area contributed by atoms with Gasteiger partial charge >= 0.3 is 0 Å². The number of nitrogens with zero attached hydrogens (tertiary/aromatic N) is 2. The van der Waals surface area contributed by atoms with Gasteiger partial charge in [-0.25, -0.2) is 0 Å². The fourth-order valence-corrected chi connectivity index (χ4v) is 2.61. The second kappa shape index (κ2) is 5.76. The lowest BCUT2D eigenvalue weighted by atomic mass is 10.0. The number of aryl methyl sites for hydroxylation is 2. The van der Waals surface area contributed by atoms with E-state index in [1.807, 2.05) is 37.0 Å². The molecule has 3 nitrogen and oxygen atoms in total. The van der Waals surface area contributed by atoms with Crippen molar-refractivity contribution in [2.75, 3.05) is 0 Å². The molecule has 1 atom stereocenters. The van der Waals surface area contributed by atoms with Gasteiger partial charge in [-0.1, -0.05) is 37.1 Å². The van der Waals surface area contributed by atoms with Crippen molar-refractivity contribution in [1.29, 1.82) is 0 Å². The van der Waals surface area contributed by atoms with E-state index in [1.54, 1.807) is 0 Å². The van der Waals surface area contributed by atoms with Crippen molar-refractivity contribution >= 4 is 11.6 Å². The minimum Gasteiger partial charge on any atom is -0.324 e. The number of nitrogens with two attached hydrogens (primary N) is 1. The van der Waals surface area contributed by atoms with Gasteiger partial charge in [0.25, 0.3) is 0 Å². The molecule has 0 bridgehead atoms. The Morgan fingerprint density at radius 3 is 2.74 bits per heavy atom. The summed E-state index contributed by atoms with van der Waals surface area (Å²) >= 11 is 6.30. The fraction of sp³-hybridized carbons (Fsp3) is 0.400. The average Bonchev–Trinajstić information content (AvgIpc) is 2.70. The normalized spacial score (nSPS) is 12.7. The highest BCUT2D eigenvalue weighted by Gasteiger charge is 2.12. The molecule has 1 heterocycles. The zero-order chi connectivity index (χ0) is 14.0. The minimum absolute atomic E-state index is 0.0504. The van der Waals surface area contributed by atoms with Gasteiger partial charge in [0.05, 0.1) is 5.69 Å². The van der Waals surface area contributed by atoms with Gasteiger partial charge in [-0.15, -0.1) is 0 Å². The Bertz CT molecular complexity index is 573. The van der Waals surface area contributed by atoms with E-state index in [4.69, 9.17) is 17.3 Å².